The molecule has 2 rings (SSSR count). The van der Waals surface area contributed by atoms with Gasteiger partial charge in [0.1, 0.15) is 0 Å². The van der Waals surface area contributed by atoms with Crippen molar-refractivity contribution in [1.82, 2.24) is 5.32 Å². The first-order valence-corrected chi connectivity index (χ1v) is 9.01. The van der Waals surface area contributed by atoms with Crippen LogP contribution in [0.25, 0.3) is 0 Å². The predicted octanol–water partition coefficient (Wildman–Crippen LogP) is 4.68. The summed E-state index contributed by atoms with van der Waals surface area (Å²) < 4.78 is 0. The molecule has 2 heteroatoms. The highest BCUT2D eigenvalue weighted by molar-refractivity contribution is 5.79. The fourth-order valence-corrected chi connectivity index (χ4v) is 4.04. The molecule has 1 N–H and O–H groups in total. The van der Waals surface area contributed by atoms with Gasteiger partial charge in [0, 0.05) is 12.0 Å². The maximum Gasteiger partial charge on any atom is 0.223 e. The van der Waals surface area contributed by atoms with Gasteiger partial charge in [-0.15, -0.1) is 0 Å². The van der Waals surface area contributed by atoms with Crippen molar-refractivity contribution in [2.75, 3.05) is 0 Å². The van der Waals surface area contributed by atoms with Crippen LogP contribution in [0.3, 0.4) is 0 Å². The van der Waals surface area contributed by atoms with Gasteiger partial charge < -0.3 is 5.32 Å². The van der Waals surface area contributed by atoms with E-state index in [-0.39, 0.29) is 0 Å². The lowest BCUT2D eigenvalue weighted by Crippen LogP contribution is -2.44. The summed E-state index contributed by atoms with van der Waals surface area (Å²) in [5.41, 5.74) is 0. The van der Waals surface area contributed by atoms with Crippen LogP contribution >= 0.6 is 0 Å². The Labute approximate surface area is 125 Å². The van der Waals surface area contributed by atoms with Crippen LogP contribution in [0.5, 0.6) is 0 Å². The van der Waals surface area contributed by atoms with Gasteiger partial charge in [0.25, 0.3) is 0 Å². The maximum absolute atomic E-state index is 12.4. The minimum absolute atomic E-state index is 0.307. The SMILES string of the molecule is CCCCC1CCC(C(=O)NC2CCCCC2C)CC1. The molecule has 0 bridgehead atoms. The summed E-state index contributed by atoms with van der Waals surface area (Å²) in [5, 5.41) is 3.36. The number of hydrogen-bond acceptors (Lipinski definition) is 1. The van der Waals surface area contributed by atoms with E-state index < -0.39 is 0 Å². The van der Waals surface area contributed by atoms with Gasteiger partial charge in [0.2, 0.25) is 5.91 Å². The molecule has 0 aromatic rings. The van der Waals surface area contributed by atoms with E-state index in [1.165, 1.54) is 57.8 Å². The summed E-state index contributed by atoms with van der Waals surface area (Å²) in [5.74, 6) is 2.24. The van der Waals surface area contributed by atoms with Crippen LogP contribution in [0.4, 0.5) is 0 Å². The Morgan fingerprint density at radius 2 is 1.75 bits per heavy atom. The number of carbonyl (C=O) groups is 1. The Kier molecular flexibility index (Phi) is 6.38. The Balaban J connectivity index is 1.71. The molecule has 2 nitrogen and oxygen atoms in total. The topological polar surface area (TPSA) is 29.1 Å². The second-order valence-corrected chi connectivity index (χ2v) is 7.24. The fraction of sp³-hybridized carbons (Fsp3) is 0.944. The zero-order valence-corrected chi connectivity index (χ0v) is 13.5. The van der Waals surface area contributed by atoms with Crippen molar-refractivity contribution < 1.29 is 4.79 Å². The highest BCUT2D eigenvalue weighted by atomic mass is 16.1. The normalized spacial score (nSPS) is 34.7. The number of hydrogen-bond donors (Lipinski definition) is 1. The van der Waals surface area contributed by atoms with Crippen LogP contribution in [0.2, 0.25) is 0 Å². The molecule has 20 heavy (non-hydrogen) atoms. The van der Waals surface area contributed by atoms with E-state index in [1.54, 1.807) is 0 Å². The molecule has 0 saturated heterocycles. The molecule has 0 aliphatic heterocycles. The molecule has 0 spiro atoms. The summed E-state index contributed by atoms with van der Waals surface area (Å²) in [6.07, 6.45) is 14.0. The summed E-state index contributed by atoms with van der Waals surface area (Å²) in [4.78, 5) is 12.4. The Morgan fingerprint density at radius 3 is 2.40 bits per heavy atom. The number of unbranched alkanes of at least 4 members (excludes halogenated alkanes) is 1. The fourth-order valence-electron chi connectivity index (χ4n) is 4.04. The van der Waals surface area contributed by atoms with E-state index in [1.807, 2.05) is 0 Å². The highest BCUT2D eigenvalue weighted by Crippen LogP contribution is 2.32. The zero-order valence-electron chi connectivity index (χ0n) is 13.5. The van der Waals surface area contributed by atoms with Gasteiger partial charge in [-0.25, -0.2) is 0 Å². The third kappa shape index (κ3) is 4.49. The molecule has 2 unspecified atom stereocenters. The van der Waals surface area contributed by atoms with Gasteiger partial charge in [0.05, 0.1) is 0 Å². The van der Waals surface area contributed by atoms with Crippen LogP contribution in [-0.2, 0) is 4.79 Å². The second-order valence-electron chi connectivity index (χ2n) is 7.24. The summed E-state index contributed by atoms with van der Waals surface area (Å²) in [6.45, 7) is 4.57. The van der Waals surface area contributed by atoms with Crippen LogP contribution in [0.15, 0.2) is 0 Å². The van der Waals surface area contributed by atoms with Crippen molar-refractivity contribution in [2.24, 2.45) is 17.8 Å². The minimum Gasteiger partial charge on any atom is -0.353 e. The molecular weight excluding hydrogens is 246 g/mol. The van der Waals surface area contributed by atoms with E-state index in [2.05, 4.69) is 19.2 Å². The third-order valence-electron chi connectivity index (χ3n) is 5.62. The molecule has 0 heterocycles. The Hall–Kier alpha value is -0.530. The summed E-state index contributed by atoms with van der Waals surface area (Å²) in [7, 11) is 0. The first kappa shape index (κ1) is 15.9. The van der Waals surface area contributed by atoms with E-state index in [9.17, 15) is 4.79 Å². The monoisotopic (exact) mass is 279 g/mol. The smallest absolute Gasteiger partial charge is 0.223 e. The van der Waals surface area contributed by atoms with Crippen molar-refractivity contribution in [3.8, 4) is 0 Å². The van der Waals surface area contributed by atoms with Gasteiger partial charge in [-0.05, 0) is 50.4 Å². The Bertz CT molecular complexity index is 294. The molecule has 2 aliphatic rings. The first-order chi connectivity index (χ1) is 9.70. The highest BCUT2D eigenvalue weighted by Gasteiger charge is 2.29. The van der Waals surface area contributed by atoms with Crippen LogP contribution in [0, 0.1) is 17.8 Å². The van der Waals surface area contributed by atoms with Crippen molar-refractivity contribution in [3.63, 3.8) is 0 Å². The van der Waals surface area contributed by atoms with E-state index >= 15 is 0 Å². The van der Waals surface area contributed by atoms with E-state index in [0.29, 0.717) is 23.8 Å². The van der Waals surface area contributed by atoms with E-state index in [4.69, 9.17) is 0 Å². The third-order valence-corrected chi connectivity index (χ3v) is 5.62. The zero-order chi connectivity index (χ0) is 14.4. The first-order valence-electron chi connectivity index (χ1n) is 9.01. The lowest BCUT2D eigenvalue weighted by Gasteiger charge is -2.33. The van der Waals surface area contributed by atoms with Gasteiger partial charge >= 0.3 is 0 Å². The van der Waals surface area contributed by atoms with Crippen LogP contribution < -0.4 is 5.32 Å². The molecule has 116 valence electrons. The largest absolute Gasteiger partial charge is 0.353 e. The van der Waals surface area contributed by atoms with Gasteiger partial charge in [-0.2, -0.15) is 0 Å². The molecule has 2 fully saturated rings. The molecule has 2 atom stereocenters. The van der Waals surface area contributed by atoms with E-state index in [0.717, 1.165) is 18.8 Å². The number of carbonyl (C=O) groups excluding carboxylic acids is 1. The average molecular weight is 279 g/mol. The van der Waals surface area contributed by atoms with Gasteiger partial charge in [-0.3, -0.25) is 4.79 Å². The molecule has 1 amide bonds. The molecule has 2 aliphatic carbocycles. The lowest BCUT2D eigenvalue weighted by atomic mass is 9.79. The Morgan fingerprint density at radius 1 is 1.05 bits per heavy atom. The van der Waals surface area contributed by atoms with Crippen molar-refractivity contribution in [2.45, 2.75) is 90.5 Å². The second kappa shape index (κ2) is 8.05. The molecule has 2 saturated carbocycles. The molecule has 0 aromatic carbocycles. The van der Waals surface area contributed by atoms with Gasteiger partial charge in [0.15, 0.2) is 0 Å². The van der Waals surface area contributed by atoms with Crippen LogP contribution in [0.1, 0.15) is 84.5 Å². The van der Waals surface area contributed by atoms with Crippen molar-refractivity contribution in [1.29, 1.82) is 0 Å². The maximum atomic E-state index is 12.4. The predicted molar refractivity (Wildman–Crippen MR) is 84.5 cm³/mol. The van der Waals surface area contributed by atoms with Gasteiger partial charge in [-0.1, -0.05) is 46.0 Å². The summed E-state index contributed by atoms with van der Waals surface area (Å²) in [6, 6.07) is 0.453. The molecular formula is C18H33NO. The molecule has 0 aromatic heterocycles. The lowest BCUT2D eigenvalue weighted by molar-refractivity contribution is -0.127. The molecule has 0 radical (unpaired) electrons. The minimum atomic E-state index is 0.307. The van der Waals surface area contributed by atoms with Crippen molar-refractivity contribution >= 4 is 5.91 Å². The van der Waals surface area contributed by atoms with Crippen molar-refractivity contribution in [3.05, 3.63) is 0 Å². The number of rotatable bonds is 5. The standard InChI is InChI=1S/C18H33NO/c1-3-4-8-15-10-12-16(13-11-15)18(20)19-17-9-6-5-7-14(17)2/h14-17H,3-13H2,1-2H3,(H,19,20). The number of nitrogens with one attached hydrogen (secondary N) is 1. The van der Waals surface area contributed by atoms with Crippen LogP contribution in [-0.4, -0.2) is 11.9 Å². The average Bonchev–Trinajstić information content (AvgIpc) is 2.48. The summed E-state index contributed by atoms with van der Waals surface area (Å²) >= 11 is 0. The quantitative estimate of drug-likeness (QED) is 0.778. The number of amides is 1.